The zero-order valence-electron chi connectivity index (χ0n) is 9.95. The molecule has 0 radical (unpaired) electrons. The number of carbonyl (C=O) groups excluding carboxylic acids is 1. The average molecular weight is 282 g/mol. The van der Waals surface area contributed by atoms with Gasteiger partial charge in [-0.3, -0.25) is 15.6 Å². The highest BCUT2D eigenvalue weighted by atomic mass is 19.2. The van der Waals surface area contributed by atoms with E-state index >= 15 is 0 Å². The highest BCUT2D eigenvalue weighted by Crippen LogP contribution is 2.20. The fraction of sp³-hybridized carbons (Fsp3) is 0. The SMILES string of the molecule is NNc1ccnc(C(=O)Nc2ccc(F)c(F)c2F)c1. The van der Waals surface area contributed by atoms with Gasteiger partial charge in [-0.15, -0.1) is 0 Å². The van der Waals surface area contributed by atoms with Crippen LogP contribution in [0.5, 0.6) is 0 Å². The molecule has 0 saturated carbocycles. The molecule has 0 aliphatic heterocycles. The van der Waals surface area contributed by atoms with E-state index in [9.17, 15) is 18.0 Å². The molecular formula is C12H9F3N4O. The van der Waals surface area contributed by atoms with Gasteiger partial charge in [-0.05, 0) is 24.3 Å². The van der Waals surface area contributed by atoms with Crippen LogP contribution in [0, 0.1) is 17.5 Å². The Labute approximate surface area is 111 Å². The normalized spacial score (nSPS) is 10.2. The molecule has 4 N–H and O–H groups in total. The lowest BCUT2D eigenvalue weighted by molar-refractivity contribution is 0.102. The van der Waals surface area contributed by atoms with Gasteiger partial charge in [0.05, 0.1) is 11.4 Å². The number of amides is 1. The molecule has 0 fully saturated rings. The van der Waals surface area contributed by atoms with Gasteiger partial charge in [0.1, 0.15) is 5.69 Å². The molecule has 2 aromatic rings. The van der Waals surface area contributed by atoms with E-state index in [1.807, 2.05) is 0 Å². The second-order valence-corrected chi connectivity index (χ2v) is 3.75. The maximum Gasteiger partial charge on any atom is 0.274 e. The summed E-state index contributed by atoms with van der Waals surface area (Å²) in [6, 6.07) is 4.44. The van der Waals surface area contributed by atoms with Crippen molar-refractivity contribution in [1.82, 2.24) is 4.98 Å². The first kappa shape index (κ1) is 13.8. The predicted molar refractivity (Wildman–Crippen MR) is 66.3 cm³/mol. The number of hydrogen-bond donors (Lipinski definition) is 3. The van der Waals surface area contributed by atoms with Gasteiger partial charge in [0.15, 0.2) is 17.5 Å². The standard InChI is InChI=1S/C12H9F3N4O/c13-7-1-2-8(11(15)10(7)14)18-12(20)9-5-6(19-16)3-4-17-9/h1-5H,16H2,(H,17,19)(H,18,20). The van der Waals surface area contributed by atoms with E-state index in [2.05, 4.69) is 15.7 Å². The summed E-state index contributed by atoms with van der Waals surface area (Å²) in [6.45, 7) is 0. The molecule has 1 aromatic heterocycles. The molecule has 0 saturated heterocycles. The first-order valence-corrected chi connectivity index (χ1v) is 5.40. The van der Waals surface area contributed by atoms with E-state index in [1.165, 1.54) is 18.3 Å². The number of nitrogens with one attached hydrogen (secondary N) is 2. The quantitative estimate of drug-likeness (QED) is 0.457. The first-order valence-electron chi connectivity index (χ1n) is 5.40. The number of halogens is 3. The summed E-state index contributed by atoms with van der Waals surface area (Å²) in [5, 5.41) is 2.09. The summed E-state index contributed by atoms with van der Waals surface area (Å²) >= 11 is 0. The summed E-state index contributed by atoms with van der Waals surface area (Å²) in [5.74, 6) is -0.0930. The summed E-state index contributed by atoms with van der Waals surface area (Å²) < 4.78 is 39.2. The van der Waals surface area contributed by atoms with Crippen LogP contribution >= 0.6 is 0 Å². The number of carbonyl (C=O) groups is 1. The summed E-state index contributed by atoms with van der Waals surface area (Å²) in [4.78, 5) is 15.6. The van der Waals surface area contributed by atoms with E-state index in [-0.39, 0.29) is 5.69 Å². The van der Waals surface area contributed by atoms with Crippen molar-refractivity contribution < 1.29 is 18.0 Å². The molecule has 0 unspecified atom stereocenters. The highest BCUT2D eigenvalue weighted by molar-refractivity contribution is 6.03. The average Bonchev–Trinajstić information content (AvgIpc) is 2.48. The molecule has 1 amide bonds. The van der Waals surface area contributed by atoms with Gasteiger partial charge in [-0.2, -0.15) is 0 Å². The number of hydrogen-bond acceptors (Lipinski definition) is 4. The van der Waals surface area contributed by atoms with E-state index < -0.39 is 29.0 Å². The molecule has 0 spiro atoms. The maximum atomic E-state index is 13.4. The number of pyridine rings is 1. The molecule has 20 heavy (non-hydrogen) atoms. The van der Waals surface area contributed by atoms with E-state index in [4.69, 9.17) is 5.84 Å². The van der Waals surface area contributed by atoms with Crippen LogP contribution < -0.4 is 16.6 Å². The summed E-state index contributed by atoms with van der Waals surface area (Å²) in [5.41, 5.74) is 2.17. The number of anilines is 2. The lowest BCUT2D eigenvalue weighted by Gasteiger charge is -2.07. The van der Waals surface area contributed by atoms with Gasteiger partial charge in [-0.25, -0.2) is 13.2 Å². The van der Waals surface area contributed by atoms with Crippen molar-refractivity contribution in [2.75, 3.05) is 10.7 Å². The minimum atomic E-state index is -1.66. The van der Waals surface area contributed by atoms with Gasteiger partial charge in [0, 0.05) is 6.20 Å². The van der Waals surface area contributed by atoms with Crippen LogP contribution in [0.25, 0.3) is 0 Å². The molecule has 1 heterocycles. The topological polar surface area (TPSA) is 80.0 Å². The van der Waals surface area contributed by atoms with Crippen LogP contribution in [0.2, 0.25) is 0 Å². The van der Waals surface area contributed by atoms with E-state index in [1.54, 1.807) is 0 Å². The summed E-state index contributed by atoms with van der Waals surface area (Å²) in [7, 11) is 0. The Balaban J connectivity index is 2.25. The highest BCUT2D eigenvalue weighted by Gasteiger charge is 2.16. The number of benzene rings is 1. The van der Waals surface area contributed by atoms with Crippen molar-refractivity contribution in [3.63, 3.8) is 0 Å². The summed E-state index contributed by atoms with van der Waals surface area (Å²) in [6.07, 6.45) is 1.31. The van der Waals surface area contributed by atoms with Gasteiger partial charge < -0.3 is 10.7 Å². The zero-order chi connectivity index (χ0) is 14.7. The largest absolute Gasteiger partial charge is 0.324 e. The van der Waals surface area contributed by atoms with Gasteiger partial charge in [-0.1, -0.05) is 0 Å². The molecule has 104 valence electrons. The third kappa shape index (κ3) is 2.69. The van der Waals surface area contributed by atoms with Crippen molar-refractivity contribution in [2.24, 2.45) is 5.84 Å². The molecule has 0 aliphatic rings. The second-order valence-electron chi connectivity index (χ2n) is 3.75. The van der Waals surface area contributed by atoms with Crippen LogP contribution in [0.15, 0.2) is 30.5 Å². The number of nitrogen functional groups attached to an aromatic ring is 1. The van der Waals surface area contributed by atoms with Gasteiger partial charge >= 0.3 is 0 Å². The van der Waals surface area contributed by atoms with Crippen LogP contribution in [0.1, 0.15) is 10.5 Å². The third-order valence-electron chi connectivity index (χ3n) is 2.44. The van der Waals surface area contributed by atoms with Crippen LogP contribution in [0.4, 0.5) is 24.5 Å². The van der Waals surface area contributed by atoms with Gasteiger partial charge in [0.25, 0.3) is 5.91 Å². The number of hydrazine groups is 1. The molecule has 0 aliphatic carbocycles. The number of rotatable bonds is 3. The minimum absolute atomic E-state index is 0.0652. The predicted octanol–water partition coefficient (Wildman–Crippen LogP) is 2.04. The fourth-order valence-corrected chi connectivity index (χ4v) is 1.45. The Bertz CT molecular complexity index is 663. The number of nitrogens with zero attached hydrogens (tertiary/aromatic N) is 1. The Hall–Kier alpha value is -2.61. The van der Waals surface area contributed by atoms with Crippen LogP contribution in [-0.2, 0) is 0 Å². The molecule has 2 rings (SSSR count). The Morgan fingerprint density at radius 3 is 2.60 bits per heavy atom. The second kappa shape index (κ2) is 5.57. The molecule has 1 aromatic carbocycles. The molecule has 8 heteroatoms. The Kier molecular flexibility index (Phi) is 3.85. The number of nitrogens with two attached hydrogens (primary N) is 1. The van der Waals surface area contributed by atoms with Crippen molar-refractivity contribution in [1.29, 1.82) is 0 Å². The van der Waals surface area contributed by atoms with Crippen molar-refractivity contribution >= 4 is 17.3 Å². The maximum absolute atomic E-state index is 13.4. The minimum Gasteiger partial charge on any atom is -0.324 e. The van der Waals surface area contributed by atoms with Crippen LogP contribution in [-0.4, -0.2) is 10.9 Å². The Morgan fingerprint density at radius 1 is 1.15 bits per heavy atom. The monoisotopic (exact) mass is 282 g/mol. The van der Waals surface area contributed by atoms with Crippen LogP contribution in [0.3, 0.4) is 0 Å². The number of aromatic nitrogens is 1. The van der Waals surface area contributed by atoms with E-state index in [0.717, 1.165) is 6.07 Å². The zero-order valence-corrected chi connectivity index (χ0v) is 9.95. The lowest BCUT2D eigenvalue weighted by atomic mass is 10.2. The molecule has 0 bridgehead atoms. The molecule has 0 atom stereocenters. The molecular weight excluding hydrogens is 273 g/mol. The third-order valence-corrected chi connectivity index (χ3v) is 2.44. The first-order chi connectivity index (χ1) is 9.52. The fourth-order valence-electron chi connectivity index (χ4n) is 1.45. The van der Waals surface area contributed by atoms with Crippen molar-refractivity contribution in [2.45, 2.75) is 0 Å². The van der Waals surface area contributed by atoms with E-state index in [0.29, 0.717) is 11.8 Å². The lowest BCUT2D eigenvalue weighted by Crippen LogP contribution is -2.16. The van der Waals surface area contributed by atoms with Crippen molar-refractivity contribution in [3.8, 4) is 0 Å². The smallest absolute Gasteiger partial charge is 0.274 e. The van der Waals surface area contributed by atoms with Gasteiger partial charge in [0.2, 0.25) is 0 Å². The Morgan fingerprint density at radius 2 is 1.90 bits per heavy atom. The van der Waals surface area contributed by atoms with Crippen molar-refractivity contribution in [3.05, 3.63) is 53.6 Å². The molecule has 5 nitrogen and oxygen atoms in total.